The molecule has 3 aromatic rings. The van der Waals surface area contributed by atoms with Gasteiger partial charge in [-0.3, -0.25) is 9.69 Å². The Morgan fingerprint density at radius 1 is 1.09 bits per heavy atom. The molecule has 0 bridgehead atoms. The molecule has 5 N–H and O–H groups in total. The van der Waals surface area contributed by atoms with Crippen LogP contribution in [0.1, 0.15) is 23.6 Å². The zero-order valence-corrected chi connectivity index (χ0v) is 23.0. The summed E-state index contributed by atoms with van der Waals surface area (Å²) in [5.74, 6) is -3.23. The van der Waals surface area contributed by atoms with Crippen molar-refractivity contribution in [1.29, 1.82) is 5.26 Å². The summed E-state index contributed by atoms with van der Waals surface area (Å²) >= 11 is 0. The van der Waals surface area contributed by atoms with Crippen LogP contribution in [-0.2, 0) is 20.7 Å². The van der Waals surface area contributed by atoms with Crippen molar-refractivity contribution >= 4 is 29.5 Å². The van der Waals surface area contributed by atoms with Crippen LogP contribution in [0.5, 0.6) is 0 Å². The number of alkyl halides is 3. The molecule has 43 heavy (non-hydrogen) atoms. The molecule has 3 rings (SSSR count). The molecular weight excluding hydrogens is 571 g/mol. The molecule has 0 saturated heterocycles. The maximum absolute atomic E-state index is 13.3. The van der Waals surface area contributed by atoms with Gasteiger partial charge in [0.2, 0.25) is 5.91 Å². The summed E-state index contributed by atoms with van der Waals surface area (Å²) in [6.07, 6.45) is -5.55. The van der Waals surface area contributed by atoms with Gasteiger partial charge in [-0.15, -0.1) is 0 Å². The summed E-state index contributed by atoms with van der Waals surface area (Å²) in [5, 5.41) is 31.3. The first-order valence-electron chi connectivity index (χ1n) is 12.5. The van der Waals surface area contributed by atoms with E-state index >= 15 is 0 Å². The number of nitrogens with one attached hydrogen (secondary N) is 1. The van der Waals surface area contributed by atoms with Gasteiger partial charge in [0.25, 0.3) is 0 Å². The Morgan fingerprint density at radius 3 is 2.28 bits per heavy atom. The first-order valence-corrected chi connectivity index (χ1v) is 12.5. The number of nitriles is 1. The lowest BCUT2D eigenvalue weighted by Gasteiger charge is -2.27. The molecule has 0 radical (unpaired) electrons. The van der Waals surface area contributed by atoms with E-state index in [2.05, 4.69) is 16.5 Å². The van der Waals surface area contributed by atoms with E-state index < -0.39 is 30.2 Å². The number of ether oxygens (including phenoxy) is 1. The van der Waals surface area contributed by atoms with Crippen LogP contribution in [0.25, 0.3) is 11.1 Å². The van der Waals surface area contributed by atoms with Crippen LogP contribution >= 0.6 is 0 Å². The van der Waals surface area contributed by atoms with E-state index in [9.17, 15) is 28.0 Å². The van der Waals surface area contributed by atoms with Crippen molar-refractivity contribution in [1.82, 2.24) is 4.90 Å². The van der Waals surface area contributed by atoms with Crippen molar-refractivity contribution in [3.8, 4) is 17.2 Å². The van der Waals surface area contributed by atoms with Crippen LogP contribution in [0.15, 0.2) is 78.0 Å². The number of carbonyl (C=O) groups is 3. The third-order valence-corrected chi connectivity index (χ3v) is 5.84. The van der Waals surface area contributed by atoms with Crippen LogP contribution in [-0.4, -0.2) is 64.9 Å². The van der Waals surface area contributed by atoms with Gasteiger partial charge in [-0.25, -0.2) is 9.59 Å². The van der Waals surface area contributed by atoms with E-state index in [0.717, 1.165) is 11.1 Å². The van der Waals surface area contributed by atoms with E-state index in [1.54, 1.807) is 55.5 Å². The summed E-state index contributed by atoms with van der Waals surface area (Å²) in [6, 6.07) is 22.5. The third kappa shape index (κ3) is 9.78. The summed E-state index contributed by atoms with van der Waals surface area (Å²) in [7, 11) is 1.50. The number of carboxylic acid groups (broad SMARTS) is 1. The first kappa shape index (κ1) is 33.6. The molecule has 1 atom stereocenters. The number of rotatable bonds is 8. The number of hydrogen-bond donors (Lipinski definition) is 4. The van der Waals surface area contributed by atoms with Gasteiger partial charge in [0, 0.05) is 24.7 Å². The topological polar surface area (TPSA) is 178 Å². The van der Waals surface area contributed by atoms with E-state index in [4.69, 9.17) is 25.6 Å². The molecule has 0 aliphatic rings. The number of oxime groups is 1. The number of aliphatic carboxylic acids is 1. The molecular formula is C29H28F3N5O6. The SMILES string of the molecule is CCOC(=O)N(C)C(Cc1cccc(/C(N)=N/O)c1)C(=O)Nc1ccc(-c2ccccc2C#N)cc1.O=C(O)C(F)(F)F. The molecule has 0 heterocycles. The standard InChI is InChI=1S/C27H27N5O4.C2HF3O2/c1-3-36-27(34)32(2)24(16-18-7-6-9-20(15-18)25(29)31-35)26(33)30-22-13-11-19(12-14-22)23-10-5-4-8-21(23)17-28;3-2(4,5)1(6)7/h4-15,24,35H,3,16H2,1-2H3,(H2,29,31)(H,30,33);(H,6,7). The second-order valence-corrected chi connectivity index (χ2v) is 8.74. The average Bonchev–Trinajstić information content (AvgIpc) is 2.99. The van der Waals surface area contributed by atoms with Crippen molar-refractivity contribution in [2.45, 2.75) is 25.6 Å². The Bertz CT molecular complexity index is 1500. The number of nitrogens with zero attached hydrogens (tertiary/aromatic N) is 3. The molecule has 11 nitrogen and oxygen atoms in total. The number of carboxylic acids is 1. The number of carbonyl (C=O) groups excluding carboxylic acids is 2. The van der Waals surface area contributed by atoms with Gasteiger partial charge in [-0.05, 0) is 47.9 Å². The molecule has 0 fully saturated rings. The fourth-order valence-corrected chi connectivity index (χ4v) is 3.69. The Morgan fingerprint density at radius 2 is 1.72 bits per heavy atom. The molecule has 0 aliphatic heterocycles. The Kier molecular flexibility index (Phi) is 12.1. The molecule has 0 aliphatic carbocycles. The molecule has 226 valence electrons. The lowest BCUT2D eigenvalue weighted by molar-refractivity contribution is -0.192. The number of nitrogens with two attached hydrogens (primary N) is 1. The van der Waals surface area contributed by atoms with Gasteiger partial charge >= 0.3 is 18.2 Å². The van der Waals surface area contributed by atoms with Crippen molar-refractivity contribution in [2.24, 2.45) is 10.9 Å². The van der Waals surface area contributed by atoms with Crippen molar-refractivity contribution in [2.75, 3.05) is 19.0 Å². The zero-order valence-electron chi connectivity index (χ0n) is 23.0. The minimum absolute atomic E-state index is 0.0605. The fourth-order valence-electron chi connectivity index (χ4n) is 3.69. The summed E-state index contributed by atoms with van der Waals surface area (Å²) in [6.45, 7) is 1.86. The quantitative estimate of drug-likeness (QED) is 0.126. The number of likely N-dealkylation sites (N-methyl/N-ethyl adjacent to an activating group) is 1. The normalized spacial score (nSPS) is 11.7. The maximum atomic E-state index is 13.3. The molecule has 0 aromatic heterocycles. The summed E-state index contributed by atoms with van der Waals surface area (Å²) in [5.41, 5.74) is 9.61. The molecule has 0 saturated carbocycles. The zero-order chi connectivity index (χ0) is 32.2. The number of benzene rings is 3. The van der Waals surface area contributed by atoms with Crippen LogP contribution in [0.3, 0.4) is 0 Å². The monoisotopic (exact) mass is 599 g/mol. The molecule has 0 spiro atoms. The minimum atomic E-state index is -5.08. The van der Waals surface area contributed by atoms with Crippen molar-refractivity contribution < 1.29 is 42.6 Å². The van der Waals surface area contributed by atoms with E-state index in [-0.39, 0.29) is 18.9 Å². The molecule has 1 unspecified atom stereocenters. The third-order valence-electron chi connectivity index (χ3n) is 5.84. The summed E-state index contributed by atoms with van der Waals surface area (Å²) in [4.78, 5) is 35.9. The number of anilines is 1. The predicted molar refractivity (Wildman–Crippen MR) is 150 cm³/mol. The van der Waals surface area contributed by atoms with Crippen LogP contribution in [0.2, 0.25) is 0 Å². The largest absolute Gasteiger partial charge is 0.490 e. The van der Waals surface area contributed by atoms with Gasteiger partial charge < -0.3 is 26.1 Å². The highest BCUT2D eigenvalue weighted by Crippen LogP contribution is 2.25. The van der Waals surface area contributed by atoms with E-state index in [1.807, 2.05) is 24.3 Å². The predicted octanol–water partition coefficient (Wildman–Crippen LogP) is 4.59. The van der Waals surface area contributed by atoms with Gasteiger partial charge in [0.1, 0.15) is 6.04 Å². The second-order valence-electron chi connectivity index (χ2n) is 8.74. The van der Waals surface area contributed by atoms with Gasteiger partial charge in [0.05, 0.1) is 18.2 Å². The summed E-state index contributed by atoms with van der Waals surface area (Å²) < 4.78 is 36.8. The van der Waals surface area contributed by atoms with Gasteiger partial charge in [0.15, 0.2) is 5.84 Å². The van der Waals surface area contributed by atoms with Gasteiger partial charge in [-0.1, -0.05) is 53.7 Å². The van der Waals surface area contributed by atoms with Crippen LogP contribution in [0, 0.1) is 11.3 Å². The molecule has 14 heteroatoms. The van der Waals surface area contributed by atoms with Gasteiger partial charge in [-0.2, -0.15) is 18.4 Å². The highest BCUT2D eigenvalue weighted by Gasteiger charge is 2.38. The van der Waals surface area contributed by atoms with E-state index in [0.29, 0.717) is 22.4 Å². The number of amidine groups is 1. The van der Waals surface area contributed by atoms with E-state index in [1.165, 1.54) is 11.9 Å². The minimum Gasteiger partial charge on any atom is -0.475 e. The van der Waals surface area contributed by atoms with Crippen molar-refractivity contribution in [3.63, 3.8) is 0 Å². The number of halogens is 3. The number of amides is 2. The lowest BCUT2D eigenvalue weighted by Crippen LogP contribution is -2.46. The second kappa shape index (κ2) is 15.4. The number of hydrogen-bond acceptors (Lipinski definition) is 7. The fraction of sp³-hybridized carbons (Fsp3) is 0.207. The molecule has 3 aromatic carbocycles. The highest BCUT2D eigenvalue weighted by molar-refractivity contribution is 5.98. The van der Waals surface area contributed by atoms with Crippen LogP contribution in [0.4, 0.5) is 23.7 Å². The first-order chi connectivity index (χ1) is 20.3. The van der Waals surface area contributed by atoms with Crippen LogP contribution < -0.4 is 11.1 Å². The molecule has 2 amide bonds. The maximum Gasteiger partial charge on any atom is 0.490 e. The lowest BCUT2D eigenvalue weighted by atomic mass is 10.00. The average molecular weight is 600 g/mol. The smallest absolute Gasteiger partial charge is 0.475 e. The Balaban J connectivity index is 0.000000821. The highest BCUT2D eigenvalue weighted by atomic mass is 19.4. The van der Waals surface area contributed by atoms with Crippen molar-refractivity contribution in [3.05, 3.63) is 89.5 Å². The Labute approximate surface area is 244 Å². The Hall–Kier alpha value is -5.58.